The first kappa shape index (κ1) is 11.2. The monoisotopic (exact) mass is 207 g/mol. The molecule has 1 heterocycles. The summed E-state index contributed by atoms with van der Waals surface area (Å²) in [6.07, 6.45) is 2.36. The van der Waals surface area contributed by atoms with Gasteiger partial charge in [0.1, 0.15) is 0 Å². The summed E-state index contributed by atoms with van der Waals surface area (Å²) in [5, 5.41) is 0. The van der Waals surface area contributed by atoms with Gasteiger partial charge in [0.15, 0.2) is 0 Å². The standard InChI is InChI=1S/C9H9NS.C3H8/c1-2-7-3-4-8-9(5-7)11-6-10-8;1-3-2/h3-6H,2H2,1H3;3H2,1-2H3. The highest BCUT2D eigenvalue weighted by Crippen LogP contribution is 2.18. The van der Waals surface area contributed by atoms with E-state index in [1.807, 2.05) is 5.51 Å². The van der Waals surface area contributed by atoms with Gasteiger partial charge in [-0.1, -0.05) is 33.3 Å². The van der Waals surface area contributed by atoms with Crippen molar-refractivity contribution in [1.82, 2.24) is 4.98 Å². The number of aromatic nitrogens is 1. The van der Waals surface area contributed by atoms with Gasteiger partial charge in [-0.2, -0.15) is 0 Å². The second kappa shape index (κ2) is 5.76. The first-order valence-corrected chi connectivity index (χ1v) is 6.01. The molecule has 0 aliphatic rings. The summed E-state index contributed by atoms with van der Waals surface area (Å²) in [5.41, 5.74) is 4.40. The van der Waals surface area contributed by atoms with Gasteiger partial charge in [-0.15, -0.1) is 11.3 Å². The van der Waals surface area contributed by atoms with Crippen molar-refractivity contribution >= 4 is 21.6 Å². The van der Waals surface area contributed by atoms with Crippen molar-refractivity contribution in [2.75, 3.05) is 0 Å². The number of benzene rings is 1. The predicted octanol–water partition coefficient (Wildman–Crippen LogP) is 4.28. The van der Waals surface area contributed by atoms with Gasteiger partial charge >= 0.3 is 0 Å². The fourth-order valence-corrected chi connectivity index (χ4v) is 1.86. The normalized spacial score (nSPS) is 9.64. The predicted molar refractivity (Wildman–Crippen MR) is 65.0 cm³/mol. The van der Waals surface area contributed by atoms with E-state index in [9.17, 15) is 0 Å². The van der Waals surface area contributed by atoms with Crippen LogP contribution < -0.4 is 0 Å². The molecule has 2 aromatic rings. The molecule has 0 radical (unpaired) electrons. The zero-order valence-corrected chi connectivity index (χ0v) is 9.90. The Balaban J connectivity index is 0.000000293. The first-order chi connectivity index (χ1) is 6.81. The van der Waals surface area contributed by atoms with Crippen LogP contribution in [0, 0.1) is 0 Å². The zero-order valence-electron chi connectivity index (χ0n) is 9.08. The van der Waals surface area contributed by atoms with Crippen molar-refractivity contribution < 1.29 is 0 Å². The van der Waals surface area contributed by atoms with Gasteiger partial charge in [0.2, 0.25) is 0 Å². The summed E-state index contributed by atoms with van der Waals surface area (Å²) < 4.78 is 1.30. The molecule has 0 aliphatic carbocycles. The molecule has 0 aliphatic heterocycles. The molecule has 0 fully saturated rings. The Morgan fingerprint density at radius 2 is 1.93 bits per heavy atom. The average Bonchev–Trinajstić information content (AvgIpc) is 2.65. The molecule has 0 spiro atoms. The number of fused-ring (bicyclic) bond motifs is 1. The number of rotatable bonds is 1. The summed E-state index contributed by atoms with van der Waals surface area (Å²) in [4.78, 5) is 4.21. The SMILES string of the molecule is CCC.CCc1ccc2ncsc2c1. The molecule has 0 bridgehead atoms. The van der Waals surface area contributed by atoms with E-state index in [-0.39, 0.29) is 0 Å². The Morgan fingerprint density at radius 3 is 2.57 bits per heavy atom. The number of nitrogens with zero attached hydrogens (tertiary/aromatic N) is 1. The maximum atomic E-state index is 4.21. The smallest absolute Gasteiger partial charge is 0.0812 e. The third-order valence-electron chi connectivity index (χ3n) is 1.80. The molecule has 0 saturated heterocycles. The maximum absolute atomic E-state index is 4.21. The van der Waals surface area contributed by atoms with Crippen molar-refractivity contribution in [3.63, 3.8) is 0 Å². The second-order valence-electron chi connectivity index (χ2n) is 3.22. The highest BCUT2D eigenvalue weighted by molar-refractivity contribution is 7.16. The van der Waals surface area contributed by atoms with Gasteiger partial charge in [-0.25, -0.2) is 4.98 Å². The van der Waals surface area contributed by atoms with E-state index in [2.05, 4.69) is 44.0 Å². The fourth-order valence-electron chi connectivity index (χ4n) is 1.12. The molecular weight excluding hydrogens is 190 g/mol. The van der Waals surface area contributed by atoms with E-state index >= 15 is 0 Å². The van der Waals surface area contributed by atoms with Gasteiger partial charge in [0.05, 0.1) is 15.7 Å². The minimum Gasteiger partial charge on any atom is -0.245 e. The highest BCUT2D eigenvalue weighted by Gasteiger charge is 1.95. The Bertz CT molecular complexity index is 378. The van der Waals surface area contributed by atoms with E-state index in [0.29, 0.717) is 0 Å². The minimum atomic E-state index is 1.10. The third-order valence-corrected chi connectivity index (χ3v) is 2.60. The van der Waals surface area contributed by atoms with Crippen LogP contribution in [0.3, 0.4) is 0 Å². The second-order valence-corrected chi connectivity index (χ2v) is 4.10. The van der Waals surface area contributed by atoms with Gasteiger partial charge < -0.3 is 0 Å². The van der Waals surface area contributed by atoms with Crippen molar-refractivity contribution in [3.05, 3.63) is 29.3 Å². The lowest BCUT2D eigenvalue weighted by molar-refractivity contribution is 1.09. The number of aryl methyl sites for hydroxylation is 1. The van der Waals surface area contributed by atoms with E-state index in [1.54, 1.807) is 11.3 Å². The molecular formula is C12H17NS. The summed E-state index contributed by atoms with van der Waals surface area (Å²) >= 11 is 1.71. The van der Waals surface area contributed by atoms with Crippen LogP contribution in [0.25, 0.3) is 10.2 Å². The van der Waals surface area contributed by atoms with Crippen LogP contribution in [-0.2, 0) is 6.42 Å². The largest absolute Gasteiger partial charge is 0.245 e. The van der Waals surface area contributed by atoms with E-state index in [4.69, 9.17) is 0 Å². The Morgan fingerprint density at radius 1 is 1.21 bits per heavy atom. The molecule has 0 unspecified atom stereocenters. The molecule has 1 aromatic carbocycles. The lowest BCUT2D eigenvalue weighted by atomic mass is 10.2. The molecule has 0 atom stereocenters. The first-order valence-electron chi connectivity index (χ1n) is 5.13. The minimum absolute atomic E-state index is 1.10. The van der Waals surface area contributed by atoms with Gasteiger partial charge in [-0.05, 0) is 24.1 Å². The molecule has 0 amide bonds. The quantitative estimate of drug-likeness (QED) is 0.680. The van der Waals surface area contributed by atoms with Gasteiger partial charge in [-0.3, -0.25) is 0 Å². The Labute approximate surface area is 89.8 Å². The number of hydrogen-bond acceptors (Lipinski definition) is 2. The van der Waals surface area contributed by atoms with Crippen LogP contribution in [0.2, 0.25) is 0 Å². The molecule has 76 valence electrons. The summed E-state index contributed by atoms with van der Waals surface area (Å²) in [6.45, 7) is 6.42. The lowest BCUT2D eigenvalue weighted by Crippen LogP contribution is -1.76. The molecule has 1 nitrogen and oxygen atoms in total. The molecule has 0 N–H and O–H groups in total. The fraction of sp³-hybridized carbons (Fsp3) is 0.417. The molecule has 2 rings (SSSR count). The van der Waals surface area contributed by atoms with Crippen molar-refractivity contribution in [2.45, 2.75) is 33.6 Å². The van der Waals surface area contributed by atoms with Crippen LogP contribution in [0.5, 0.6) is 0 Å². The zero-order chi connectivity index (χ0) is 10.4. The molecule has 2 heteroatoms. The topological polar surface area (TPSA) is 12.9 Å². The van der Waals surface area contributed by atoms with Crippen LogP contribution in [0.4, 0.5) is 0 Å². The van der Waals surface area contributed by atoms with Crippen LogP contribution in [0.1, 0.15) is 32.8 Å². The van der Waals surface area contributed by atoms with Crippen molar-refractivity contribution in [1.29, 1.82) is 0 Å². The summed E-state index contributed by atoms with van der Waals surface area (Å²) in [7, 11) is 0. The van der Waals surface area contributed by atoms with Gasteiger partial charge in [0, 0.05) is 0 Å². The van der Waals surface area contributed by atoms with Crippen molar-refractivity contribution in [2.24, 2.45) is 0 Å². The molecule has 0 saturated carbocycles. The lowest BCUT2D eigenvalue weighted by Gasteiger charge is -1.93. The van der Waals surface area contributed by atoms with Crippen LogP contribution in [-0.4, -0.2) is 4.98 Å². The van der Waals surface area contributed by atoms with E-state index < -0.39 is 0 Å². The van der Waals surface area contributed by atoms with E-state index in [1.165, 1.54) is 16.7 Å². The third kappa shape index (κ3) is 2.81. The number of hydrogen-bond donors (Lipinski definition) is 0. The Kier molecular flexibility index (Phi) is 4.60. The van der Waals surface area contributed by atoms with Gasteiger partial charge in [0.25, 0.3) is 0 Å². The Hall–Kier alpha value is -0.890. The number of thiazole rings is 1. The summed E-state index contributed by atoms with van der Waals surface area (Å²) in [5.74, 6) is 0. The molecule has 14 heavy (non-hydrogen) atoms. The molecule has 1 aromatic heterocycles. The highest BCUT2D eigenvalue weighted by atomic mass is 32.1. The van der Waals surface area contributed by atoms with E-state index in [0.717, 1.165) is 11.9 Å². The maximum Gasteiger partial charge on any atom is 0.0812 e. The van der Waals surface area contributed by atoms with Crippen molar-refractivity contribution in [3.8, 4) is 0 Å². The average molecular weight is 207 g/mol. The van der Waals surface area contributed by atoms with Crippen LogP contribution >= 0.6 is 11.3 Å². The van der Waals surface area contributed by atoms with Crippen LogP contribution in [0.15, 0.2) is 23.7 Å². The summed E-state index contributed by atoms with van der Waals surface area (Å²) in [6, 6.07) is 6.44.